The Kier molecular flexibility index (Phi) is 5.09. The van der Waals surface area contributed by atoms with Gasteiger partial charge in [0.15, 0.2) is 0 Å². The molecule has 7 heteroatoms. The van der Waals surface area contributed by atoms with Gasteiger partial charge in [0.05, 0.1) is 24.2 Å². The number of nitrogens with one attached hydrogen (secondary N) is 3. The molecule has 0 aliphatic carbocycles. The van der Waals surface area contributed by atoms with Gasteiger partial charge >= 0.3 is 5.69 Å². The van der Waals surface area contributed by atoms with Gasteiger partial charge in [-0.2, -0.15) is 0 Å². The van der Waals surface area contributed by atoms with Crippen molar-refractivity contribution in [3.8, 4) is 5.75 Å². The lowest BCUT2D eigenvalue weighted by Gasteiger charge is -2.24. The van der Waals surface area contributed by atoms with Crippen LogP contribution in [0.5, 0.6) is 5.75 Å². The number of aromatic amines is 2. The minimum atomic E-state index is -0.346. The monoisotopic (exact) mass is 354 g/mol. The number of likely N-dealkylation sites (N-methyl/N-ethyl adjacent to an activating group) is 1. The van der Waals surface area contributed by atoms with Crippen LogP contribution in [0.3, 0.4) is 0 Å². The Balaban J connectivity index is 1.68. The molecule has 0 aliphatic heterocycles. The zero-order chi connectivity index (χ0) is 18.7. The molecule has 0 unspecified atom stereocenters. The number of ether oxygens (including phenoxy) is 1. The Morgan fingerprint density at radius 3 is 2.69 bits per heavy atom. The quantitative estimate of drug-likeness (QED) is 0.634. The first-order valence-corrected chi connectivity index (χ1v) is 8.33. The predicted octanol–water partition coefficient (Wildman–Crippen LogP) is 2.32. The summed E-state index contributed by atoms with van der Waals surface area (Å²) in [4.78, 5) is 31.2. The largest absolute Gasteiger partial charge is 0.496 e. The third-order valence-corrected chi connectivity index (χ3v) is 4.44. The molecule has 3 N–H and O–H groups in total. The van der Waals surface area contributed by atoms with Gasteiger partial charge in [-0.3, -0.25) is 9.69 Å². The summed E-state index contributed by atoms with van der Waals surface area (Å²) < 4.78 is 5.37. The van der Waals surface area contributed by atoms with Gasteiger partial charge in [0, 0.05) is 17.8 Å². The zero-order valence-corrected chi connectivity index (χ0v) is 15.0. The molecular weight excluding hydrogens is 332 g/mol. The summed E-state index contributed by atoms with van der Waals surface area (Å²) in [6.07, 6.45) is 0. The van der Waals surface area contributed by atoms with Crippen LogP contribution in [0.25, 0.3) is 11.0 Å². The number of aromatic nitrogens is 2. The van der Waals surface area contributed by atoms with E-state index in [0.29, 0.717) is 23.3 Å². The van der Waals surface area contributed by atoms with Gasteiger partial charge in [0.25, 0.3) is 0 Å². The Hall–Kier alpha value is -3.06. The highest BCUT2D eigenvalue weighted by Crippen LogP contribution is 2.20. The molecule has 26 heavy (non-hydrogen) atoms. The summed E-state index contributed by atoms with van der Waals surface area (Å²) in [5.41, 5.74) is 2.74. The van der Waals surface area contributed by atoms with Crippen molar-refractivity contribution in [2.75, 3.05) is 19.5 Å². The van der Waals surface area contributed by atoms with E-state index in [1.807, 2.05) is 43.1 Å². The second-order valence-corrected chi connectivity index (χ2v) is 6.23. The summed E-state index contributed by atoms with van der Waals surface area (Å²) >= 11 is 0. The van der Waals surface area contributed by atoms with E-state index >= 15 is 0 Å². The number of methoxy groups -OCH3 is 1. The molecule has 0 saturated carbocycles. The Labute approximate surface area is 151 Å². The minimum absolute atomic E-state index is 0.125. The molecule has 0 saturated heterocycles. The second kappa shape index (κ2) is 7.45. The fraction of sp³-hybridized carbons (Fsp3) is 0.263. The first kappa shape index (κ1) is 17.8. The molecule has 136 valence electrons. The lowest BCUT2D eigenvalue weighted by Crippen LogP contribution is -2.39. The molecule has 1 heterocycles. The summed E-state index contributed by atoms with van der Waals surface area (Å²) in [5.74, 6) is 0.674. The van der Waals surface area contributed by atoms with Gasteiger partial charge < -0.3 is 20.0 Å². The van der Waals surface area contributed by atoms with Crippen molar-refractivity contribution < 1.29 is 9.53 Å². The van der Waals surface area contributed by atoms with Gasteiger partial charge in [-0.15, -0.1) is 0 Å². The Morgan fingerprint density at radius 1 is 1.19 bits per heavy atom. The lowest BCUT2D eigenvalue weighted by molar-refractivity contribution is -0.120. The number of hydrogen-bond acceptors (Lipinski definition) is 4. The number of hydrogen-bond donors (Lipinski definition) is 3. The molecular formula is C19H22N4O3. The van der Waals surface area contributed by atoms with Gasteiger partial charge in [0.2, 0.25) is 5.91 Å². The topological polar surface area (TPSA) is 90.2 Å². The molecule has 7 nitrogen and oxygen atoms in total. The van der Waals surface area contributed by atoms with E-state index in [2.05, 4.69) is 15.3 Å². The van der Waals surface area contributed by atoms with Gasteiger partial charge in [-0.1, -0.05) is 18.2 Å². The molecule has 0 aliphatic rings. The number of fused-ring (bicyclic) bond motifs is 1. The number of benzene rings is 2. The van der Waals surface area contributed by atoms with Crippen LogP contribution in [0, 0.1) is 0 Å². The van der Waals surface area contributed by atoms with Crippen LogP contribution in [0.15, 0.2) is 47.3 Å². The first-order valence-electron chi connectivity index (χ1n) is 8.33. The average molecular weight is 354 g/mol. The number of carbonyl (C=O) groups excluding carboxylic acids is 1. The van der Waals surface area contributed by atoms with Crippen molar-refractivity contribution in [1.82, 2.24) is 14.9 Å². The molecule has 0 bridgehead atoms. The normalized spacial score (nSPS) is 12.3. The van der Waals surface area contributed by atoms with Crippen molar-refractivity contribution >= 4 is 22.6 Å². The van der Waals surface area contributed by atoms with E-state index in [9.17, 15) is 9.59 Å². The number of nitrogens with zero attached hydrogens (tertiary/aromatic N) is 1. The first-order chi connectivity index (χ1) is 12.5. The highest BCUT2D eigenvalue weighted by molar-refractivity contribution is 5.96. The number of carbonyl (C=O) groups is 1. The summed E-state index contributed by atoms with van der Waals surface area (Å²) in [6.45, 7) is 2.43. The molecule has 0 spiro atoms. The number of amides is 1. The SMILES string of the molecule is COc1ccccc1CN(C)[C@H](C)C(=O)Nc1ccc2[nH]c(=O)[nH]c2c1. The summed E-state index contributed by atoms with van der Waals surface area (Å²) in [5, 5.41) is 2.89. The summed E-state index contributed by atoms with van der Waals surface area (Å²) in [6, 6.07) is 12.7. The van der Waals surface area contributed by atoms with Crippen molar-refractivity contribution in [2.45, 2.75) is 19.5 Å². The van der Waals surface area contributed by atoms with Gasteiger partial charge in [-0.25, -0.2) is 4.79 Å². The smallest absolute Gasteiger partial charge is 0.323 e. The molecule has 0 radical (unpaired) electrons. The maximum atomic E-state index is 12.6. The average Bonchev–Trinajstić information content (AvgIpc) is 3.00. The molecule has 2 aromatic carbocycles. The molecule has 3 aromatic rings. The molecule has 0 fully saturated rings. The minimum Gasteiger partial charge on any atom is -0.496 e. The van der Waals surface area contributed by atoms with E-state index in [0.717, 1.165) is 11.3 Å². The predicted molar refractivity (Wildman–Crippen MR) is 101 cm³/mol. The van der Waals surface area contributed by atoms with Crippen LogP contribution in [-0.4, -0.2) is 41.0 Å². The maximum absolute atomic E-state index is 12.6. The third-order valence-electron chi connectivity index (χ3n) is 4.44. The van der Waals surface area contributed by atoms with Crippen molar-refractivity contribution in [3.63, 3.8) is 0 Å². The maximum Gasteiger partial charge on any atom is 0.323 e. The number of para-hydroxylation sites is 1. The van der Waals surface area contributed by atoms with Gasteiger partial charge in [0.1, 0.15) is 5.75 Å². The van der Waals surface area contributed by atoms with Crippen molar-refractivity contribution in [3.05, 3.63) is 58.5 Å². The van der Waals surface area contributed by atoms with E-state index < -0.39 is 0 Å². The molecule has 3 rings (SSSR count). The molecule has 1 aromatic heterocycles. The molecule has 1 amide bonds. The zero-order valence-electron chi connectivity index (χ0n) is 15.0. The number of rotatable bonds is 6. The number of imidazole rings is 1. The Morgan fingerprint density at radius 2 is 1.92 bits per heavy atom. The highest BCUT2D eigenvalue weighted by atomic mass is 16.5. The van der Waals surface area contributed by atoms with Crippen molar-refractivity contribution in [2.24, 2.45) is 0 Å². The van der Waals surface area contributed by atoms with Crippen LogP contribution >= 0.6 is 0 Å². The highest BCUT2D eigenvalue weighted by Gasteiger charge is 2.19. The number of H-pyrrole nitrogens is 2. The fourth-order valence-electron chi connectivity index (χ4n) is 2.80. The van der Waals surface area contributed by atoms with Crippen LogP contribution < -0.4 is 15.7 Å². The van der Waals surface area contributed by atoms with Crippen molar-refractivity contribution in [1.29, 1.82) is 0 Å². The van der Waals surface area contributed by atoms with Crippen LogP contribution in [0.1, 0.15) is 12.5 Å². The van der Waals surface area contributed by atoms with Crippen LogP contribution in [0.4, 0.5) is 5.69 Å². The standard InChI is InChI=1S/C19H22N4O3/c1-12(23(2)11-13-6-4-5-7-17(13)26-3)18(24)20-14-8-9-15-16(10-14)22-19(25)21-15/h4-10,12H,11H2,1-3H3,(H,20,24)(H2,21,22,25)/t12-/m1/s1. The van der Waals surface area contributed by atoms with E-state index in [-0.39, 0.29) is 17.6 Å². The van der Waals surface area contributed by atoms with E-state index in [1.54, 1.807) is 25.3 Å². The lowest BCUT2D eigenvalue weighted by atomic mass is 10.1. The van der Waals surface area contributed by atoms with Crippen LogP contribution in [-0.2, 0) is 11.3 Å². The van der Waals surface area contributed by atoms with Gasteiger partial charge in [-0.05, 0) is 38.2 Å². The molecule has 1 atom stereocenters. The van der Waals surface area contributed by atoms with E-state index in [1.165, 1.54) is 0 Å². The number of anilines is 1. The fourth-order valence-corrected chi connectivity index (χ4v) is 2.80. The summed E-state index contributed by atoms with van der Waals surface area (Å²) in [7, 11) is 3.53. The Bertz CT molecular complexity index is 976. The third kappa shape index (κ3) is 3.78. The van der Waals surface area contributed by atoms with Crippen LogP contribution in [0.2, 0.25) is 0 Å². The second-order valence-electron chi connectivity index (χ2n) is 6.23. The van der Waals surface area contributed by atoms with E-state index in [4.69, 9.17) is 4.74 Å².